The van der Waals surface area contributed by atoms with Crippen LogP contribution in [0.1, 0.15) is 41.8 Å². The number of thiophene rings is 1. The van der Waals surface area contributed by atoms with E-state index in [0.29, 0.717) is 12.5 Å². The van der Waals surface area contributed by atoms with Crippen LogP contribution in [0.15, 0.2) is 35.4 Å². The standard InChI is InChI=1S/C20H22N2OS/c1-3-14-5-7-15(8-6-14)11-22-12-21-19-18(20(22)23)16-9-4-13(2)10-17(16)24-19/h5-8,12-13H,3-4,9-11H2,1-2H3/t13-/m0/s1. The van der Waals surface area contributed by atoms with Crippen molar-refractivity contribution in [3.05, 3.63) is 62.5 Å². The minimum atomic E-state index is 0.117. The van der Waals surface area contributed by atoms with E-state index in [0.717, 1.165) is 35.0 Å². The highest BCUT2D eigenvalue weighted by atomic mass is 32.1. The van der Waals surface area contributed by atoms with Crippen molar-refractivity contribution in [3.63, 3.8) is 0 Å². The number of fused-ring (bicyclic) bond motifs is 3. The van der Waals surface area contributed by atoms with Crippen molar-refractivity contribution in [2.75, 3.05) is 0 Å². The Morgan fingerprint density at radius 3 is 2.75 bits per heavy atom. The van der Waals surface area contributed by atoms with Crippen LogP contribution >= 0.6 is 11.3 Å². The molecular formula is C20H22N2OS. The Kier molecular flexibility index (Phi) is 4.01. The molecule has 0 radical (unpaired) electrons. The fourth-order valence-corrected chi connectivity index (χ4v) is 4.90. The van der Waals surface area contributed by atoms with Gasteiger partial charge in [-0.25, -0.2) is 4.98 Å². The molecule has 0 N–H and O–H groups in total. The van der Waals surface area contributed by atoms with Crippen LogP contribution < -0.4 is 5.56 Å². The SMILES string of the molecule is CCc1ccc(Cn2cnc3sc4c(c3c2=O)CC[C@H](C)C4)cc1. The topological polar surface area (TPSA) is 34.9 Å². The average molecular weight is 338 g/mol. The first kappa shape index (κ1) is 15.6. The van der Waals surface area contributed by atoms with E-state index in [1.165, 1.54) is 22.4 Å². The van der Waals surface area contributed by atoms with Crippen molar-refractivity contribution in [1.82, 2.24) is 9.55 Å². The van der Waals surface area contributed by atoms with Gasteiger partial charge in [0.2, 0.25) is 0 Å². The number of rotatable bonds is 3. The maximum Gasteiger partial charge on any atom is 0.262 e. The average Bonchev–Trinajstić information content (AvgIpc) is 2.96. The van der Waals surface area contributed by atoms with Crippen LogP contribution in [0.25, 0.3) is 10.2 Å². The summed E-state index contributed by atoms with van der Waals surface area (Å²) in [5, 5.41) is 0.870. The van der Waals surface area contributed by atoms with Gasteiger partial charge in [-0.05, 0) is 48.3 Å². The lowest BCUT2D eigenvalue weighted by atomic mass is 9.89. The minimum Gasteiger partial charge on any atom is -0.294 e. The molecule has 0 spiro atoms. The summed E-state index contributed by atoms with van der Waals surface area (Å²) in [5.41, 5.74) is 3.85. The van der Waals surface area contributed by atoms with Gasteiger partial charge < -0.3 is 0 Å². The van der Waals surface area contributed by atoms with E-state index in [2.05, 4.69) is 43.1 Å². The van der Waals surface area contributed by atoms with E-state index in [1.54, 1.807) is 22.2 Å². The zero-order valence-corrected chi connectivity index (χ0v) is 15.0. The van der Waals surface area contributed by atoms with Crippen molar-refractivity contribution < 1.29 is 0 Å². The second kappa shape index (κ2) is 6.17. The van der Waals surface area contributed by atoms with E-state index < -0.39 is 0 Å². The lowest BCUT2D eigenvalue weighted by Crippen LogP contribution is -2.22. The molecule has 3 aromatic rings. The lowest BCUT2D eigenvalue weighted by molar-refractivity contribution is 0.509. The molecule has 0 amide bonds. The molecule has 2 aromatic heterocycles. The zero-order chi connectivity index (χ0) is 16.7. The maximum absolute atomic E-state index is 13.0. The molecule has 0 bridgehead atoms. The first-order chi connectivity index (χ1) is 11.7. The summed E-state index contributed by atoms with van der Waals surface area (Å²) < 4.78 is 1.76. The molecule has 0 saturated heterocycles. The predicted octanol–water partition coefficient (Wildman–Crippen LogP) is 4.19. The number of hydrogen-bond acceptors (Lipinski definition) is 3. The quantitative estimate of drug-likeness (QED) is 0.717. The molecule has 0 aliphatic heterocycles. The Bertz CT molecular complexity index is 937. The Hall–Kier alpha value is -1.94. The third-order valence-electron chi connectivity index (χ3n) is 5.07. The van der Waals surface area contributed by atoms with Gasteiger partial charge in [0.15, 0.2) is 0 Å². The van der Waals surface area contributed by atoms with Crippen LogP contribution in [0.2, 0.25) is 0 Å². The van der Waals surface area contributed by atoms with E-state index >= 15 is 0 Å². The van der Waals surface area contributed by atoms with E-state index in [1.807, 2.05) is 0 Å². The smallest absolute Gasteiger partial charge is 0.262 e. The normalized spacial score (nSPS) is 17.2. The van der Waals surface area contributed by atoms with Gasteiger partial charge in [0.25, 0.3) is 5.56 Å². The van der Waals surface area contributed by atoms with Gasteiger partial charge in [0, 0.05) is 4.88 Å². The van der Waals surface area contributed by atoms with Crippen LogP contribution in [0.3, 0.4) is 0 Å². The van der Waals surface area contributed by atoms with Gasteiger partial charge in [-0.1, -0.05) is 38.1 Å². The summed E-state index contributed by atoms with van der Waals surface area (Å²) in [7, 11) is 0. The monoisotopic (exact) mass is 338 g/mol. The summed E-state index contributed by atoms with van der Waals surface area (Å²) >= 11 is 1.71. The summed E-state index contributed by atoms with van der Waals surface area (Å²) in [4.78, 5) is 19.9. The van der Waals surface area contributed by atoms with Gasteiger partial charge in [-0.2, -0.15) is 0 Å². The zero-order valence-electron chi connectivity index (χ0n) is 14.2. The molecule has 4 rings (SSSR count). The molecule has 2 heterocycles. The lowest BCUT2D eigenvalue weighted by Gasteiger charge is -2.17. The van der Waals surface area contributed by atoms with Crippen molar-refractivity contribution in [1.29, 1.82) is 0 Å². The molecule has 3 nitrogen and oxygen atoms in total. The predicted molar refractivity (Wildman–Crippen MR) is 100.0 cm³/mol. The molecule has 24 heavy (non-hydrogen) atoms. The van der Waals surface area contributed by atoms with Gasteiger partial charge >= 0.3 is 0 Å². The van der Waals surface area contributed by atoms with E-state index in [4.69, 9.17) is 0 Å². The molecule has 1 aliphatic rings. The molecule has 1 aromatic carbocycles. The second-order valence-corrected chi connectivity index (χ2v) is 7.96. The van der Waals surface area contributed by atoms with E-state index in [-0.39, 0.29) is 5.56 Å². The van der Waals surface area contributed by atoms with Crippen molar-refractivity contribution in [2.24, 2.45) is 5.92 Å². The summed E-state index contributed by atoms with van der Waals surface area (Å²) in [6.45, 7) is 5.03. The van der Waals surface area contributed by atoms with Gasteiger partial charge in [-0.15, -0.1) is 11.3 Å². The summed E-state index contributed by atoms with van der Waals surface area (Å²) in [6, 6.07) is 8.50. The Balaban J connectivity index is 1.74. The van der Waals surface area contributed by atoms with Crippen LogP contribution in [0, 0.1) is 5.92 Å². The summed E-state index contributed by atoms with van der Waals surface area (Å²) in [5.74, 6) is 0.713. The molecule has 0 saturated carbocycles. The molecular weight excluding hydrogens is 316 g/mol. The number of benzene rings is 1. The Morgan fingerprint density at radius 2 is 2.00 bits per heavy atom. The van der Waals surface area contributed by atoms with Gasteiger partial charge in [0.05, 0.1) is 18.3 Å². The minimum absolute atomic E-state index is 0.117. The molecule has 1 aliphatic carbocycles. The Labute approximate surface area is 146 Å². The van der Waals surface area contributed by atoms with Crippen LogP contribution in [0.4, 0.5) is 0 Å². The number of aryl methyl sites for hydroxylation is 2. The number of nitrogens with zero attached hydrogens (tertiary/aromatic N) is 2. The van der Waals surface area contributed by atoms with Gasteiger partial charge in [0.1, 0.15) is 4.83 Å². The van der Waals surface area contributed by atoms with Crippen LogP contribution in [0.5, 0.6) is 0 Å². The van der Waals surface area contributed by atoms with Crippen LogP contribution in [-0.4, -0.2) is 9.55 Å². The fourth-order valence-electron chi connectivity index (χ4n) is 3.56. The van der Waals surface area contributed by atoms with E-state index in [9.17, 15) is 4.79 Å². The number of aromatic nitrogens is 2. The molecule has 4 heteroatoms. The Morgan fingerprint density at radius 1 is 1.25 bits per heavy atom. The highest BCUT2D eigenvalue weighted by Crippen LogP contribution is 2.35. The third-order valence-corrected chi connectivity index (χ3v) is 6.23. The highest BCUT2D eigenvalue weighted by Gasteiger charge is 2.23. The summed E-state index contributed by atoms with van der Waals surface area (Å²) in [6.07, 6.45) is 6.03. The van der Waals surface area contributed by atoms with Crippen molar-refractivity contribution in [2.45, 2.75) is 46.1 Å². The van der Waals surface area contributed by atoms with Crippen LogP contribution in [-0.2, 0) is 25.8 Å². The largest absolute Gasteiger partial charge is 0.294 e. The molecule has 1 atom stereocenters. The molecule has 0 unspecified atom stereocenters. The highest BCUT2D eigenvalue weighted by molar-refractivity contribution is 7.18. The first-order valence-electron chi connectivity index (χ1n) is 8.73. The maximum atomic E-state index is 13.0. The second-order valence-electron chi connectivity index (χ2n) is 6.88. The fraction of sp³-hybridized carbons (Fsp3) is 0.400. The van der Waals surface area contributed by atoms with Crippen molar-refractivity contribution >= 4 is 21.6 Å². The molecule has 124 valence electrons. The molecule has 0 fully saturated rings. The first-order valence-corrected chi connectivity index (χ1v) is 9.55. The number of hydrogen-bond donors (Lipinski definition) is 0. The third kappa shape index (κ3) is 2.69. The van der Waals surface area contributed by atoms with Crippen molar-refractivity contribution in [3.8, 4) is 0 Å². The van der Waals surface area contributed by atoms with Gasteiger partial charge in [-0.3, -0.25) is 9.36 Å².